The first-order chi connectivity index (χ1) is 16.1. The predicted octanol–water partition coefficient (Wildman–Crippen LogP) is 4.91. The average Bonchev–Trinajstić information content (AvgIpc) is 2.99. The van der Waals surface area contributed by atoms with E-state index in [1.165, 1.54) is 22.3 Å². The topological polar surface area (TPSA) is 58.1 Å². The van der Waals surface area contributed by atoms with Crippen molar-refractivity contribution in [1.29, 1.82) is 0 Å². The van der Waals surface area contributed by atoms with Crippen molar-refractivity contribution in [1.82, 2.24) is 20.2 Å². The second kappa shape index (κ2) is 9.74. The highest BCUT2D eigenvalue weighted by molar-refractivity contribution is 9.10. The smallest absolute Gasteiger partial charge is 0.237 e. The molecule has 1 aliphatic heterocycles. The van der Waals surface area contributed by atoms with Gasteiger partial charge in [-0.15, -0.1) is 0 Å². The fourth-order valence-electron chi connectivity index (χ4n) is 5.26. The molecule has 2 atom stereocenters. The molecule has 1 saturated heterocycles. The molecule has 5 rings (SSSR count). The van der Waals surface area contributed by atoms with Crippen LogP contribution in [0, 0.1) is 6.92 Å². The maximum atomic E-state index is 13.4. The third-order valence-corrected chi connectivity index (χ3v) is 7.31. The minimum atomic E-state index is -0.170. The number of halogens is 1. The number of fused-ring (bicyclic) bond motifs is 2. The van der Waals surface area contributed by atoms with Gasteiger partial charge in [-0.3, -0.25) is 19.7 Å². The number of hydrogen-bond donors (Lipinski definition) is 1. The maximum Gasteiger partial charge on any atom is 0.237 e. The summed E-state index contributed by atoms with van der Waals surface area (Å²) in [6, 6.07) is 12.7. The zero-order valence-electron chi connectivity index (χ0n) is 18.9. The summed E-state index contributed by atoms with van der Waals surface area (Å²) in [5.74, 6) is 0.100. The van der Waals surface area contributed by atoms with Crippen LogP contribution in [0.4, 0.5) is 0 Å². The molecule has 2 aromatic heterocycles. The summed E-state index contributed by atoms with van der Waals surface area (Å²) < 4.78 is 1.01. The molecular weight excluding hydrogens is 476 g/mol. The quantitative estimate of drug-likeness (QED) is 0.548. The minimum absolute atomic E-state index is 0.0109. The van der Waals surface area contributed by atoms with Crippen LogP contribution in [0.5, 0.6) is 0 Å². The molecule has 5 nitrogen and oxygen atoms in total. The van der Waals surface area contributed by atoms with E-state index < -0.39 is 0 Å². The summed E-state index contributed by atoms with van der Waals surface area (Å²) in [6.45, 7) is 3.56. The molecule has 0 saturated carbocycles. The lowest BCUT2D eigenvalue weighted by atomic mass is 9.91. The summed E-state index contributed by atoms with van der Waals surface area (Å²) in [4.78, 5) is 24.8. The number of nitrogens with one attached hydrogen (secondary N) is 1. The number of benzene rings is 1. The molecule has 170 valence electrons. The molecule has 1 amide bonds. The van der Waals surface area contributed by atoms with E-state index in [0.717, 1.165) is 54.4 Å². The van der Waals surface area contributed by atoms with Crippen LogP contribution < -0.4 is 5.32 Å². The van der Waals surface area contributed by atoms with Crippen LogP contribution in [0.2, 0.25) is 0 Å². The molecule has 3 heterocycles. The second-order valence-corrected chi connectivity index (χ2v) is 10.0. The van der Waals surface area contributed by atoms with Gasteiger partial charge in [-0.05, 0) is 95.5 Å². The van der Waals surface area contributed by atoms with Crippen molar-refractivity contribution >= 4 is 21.8 Å². The van der Waals surface area contributed by atoms with Gasteiger partial charge in [-0.2, -0.15) is 0 Å². The first kappa shape index (κ1) is 22.2. The molecule has 2 unspecified atom stereocenters. The van der Waals surface area contributed by atoms with Gasteiger partial charge in [-0.25, -0.2) is 0 Å². The first-order valence-electron chi connectivity index (χ1n) is 11.8. The Hall–Kier alpha value is -2.57. The van der Waals surface area contributed by atoms with E-state index in [1.807, 2.05) is 18.3 Å². The van der Waals surface area contributed by atoms with Crippen LogP contribution in [0.1, 0.15) is 58.8 Å². The lowest BCUT2D eigenvalue weighted by Gasteiger charge is -2.41. The molecule has 0 bridgehead atoms. The zero-order valence-corrected chi connectivity index (χ0v) is 20.5. The fourth-order valence-corrected chi connectivity index (χ4v) is 5.64. The van der Waals surface area contributed by atoms with E-state index in [1.54, 1.807) is 12.4 Å². The van der Waals surface area contributed by atoms with Crippen molar-refractivity contribution in [3.05, 3.63) is 93.0 Å². The number of rotatable bonds is 4. The molecule has 6 heteroatoms. The lowest BCUT2D eigenvalue weighted by molar-refractivity contribution is -0.128. The number of likely N-dealkylation sites (tertiary alicyclic amines) is 1. The monoisotopic (exact) mass is 504 g/mol. The van der Waals surface area contributed by atoms with E-state index >= 15 is 0 Å². The predicted molar refractivity (Wildman–Crippen MR) is 133 cm³/mol. The average molecular weight is 505 g/mol. The van der Waals surface area contributed by atoms with Gasteiger partial charge in [0.05, 0.1) is 17.8 Å². The van der Waals surface area contributed by atoms with Crippen molar-refractivity contribution in [2.24, 2.45) is 0 Å². The van der Waals surface area contributed by atoms with Crippen molar-refractivity contribution in [3.63, 3.8) is 0 Å². The summed E-state index contributed by atoms with van der Waals surface area (Å²) in [5, 5.41) is 3.18. The van der Waals surface area contributed by atoms with Gasteiger partial charge in [-0.1, -0.05) is 30.2 Å². The Bertz CT molecular complexity index is 1100. The van der Waals surface area contributed by atoms with Crippen molar-refractivity contribution in [3.8, 4) is 0 Å². The van der Waals surface area contributed by atoms with Crippen LogP contribution >= 0.6 is 15.9 Å². The Morgan fingerprint density at radius 3 is 2.79 bits per heavy atom. The Labute approximate surface area is 203 Å². The van der Waals surface area contributed by atoms with E-state index in [-0.39, 0.29) is 18.0 Å². The number of nitrogens with zero attached hydrogens (tertiary/aromatic N) is 3. The van der Waals surface area contributed by atoms with Crippen molar-refractivity contribution in [2.75, 3.05) is 6.54 Å². The molecule has 33 heavy (non-hydrogen) atoms. The molecule has 3 aromatic rings. The zero-order chi connectivity index (χ0) is 22.8. The number of aryl methyl sites for hydroxylation is 3. The largest absolute Gasteiger partial charge is 0.351 e. The van der Waals surface area contributed by atoms with Crippen LogP contribution in [-0.4, -0.2) is 33.4 Å². The highest BCUT2D eigenvalue weighted by Crippen LogP contribution is 2.39. The molecule has 2 aliphatic rings. The first-order valence-corrected chi connectivity index (χ1v) is 12.6. The summed E-state index contributed by atoms with van der Waals surface area (Å²) in [7, 11) is 0. The number of amides is 1. The molecule has 1 aliphatic carbocycles. The SMILES string of the molecule is Cc1ccc2c(c1)CCc1cc(Br)cnc1C2N1CCCCC1C(=O)NCc1ccncc1. The third kappa shape index (κ3) is 4.73. The van der Waals surface area contributed by atoms with Gasteiger partial charge >= 0.3 is 0 Å². The molecule has 1 aromatic carbocycles. The van der Waals surface area contributed by atoms with Gasteiger partial charge in [0.1, 0.15) is 0 Å². The second-order valence-electron chi connectivity index (χ2n) is 9.13. The van der Waals surface area contributed by atoms with Crippen molar-refractivity contribution in [2.45, 2.75) is 57.7 Å². The molecule has 1 N–H and O–H groups in total. The van der Waals surface area contributed by atoms with Gasteiger partial charge in [0.25, 0.3) is 0 Å². The number of aromatic nitrogens is 2. The Morgan fingerprint density at radius 2 is 1.94 bits per heavy atom. The standard InChI is InChI=1S/C27H29BrN4O/c1-18-5-8-23-20(14-18)6-7-21-15-22(28)17-30-25(21)26(23)32-13-3-2-4-24(32)27(33)31-16-19-9-11-29-12-10-19/h5,8-12,14-15,17,24,26H,2-4,6-7,13,16H2,1H3,(H,31,33). The van der Waals surface area contributed by atoms with Gasteiger partial charge in [0.2, 0.25) is 5.91 Å². The number of hydrogen-bond acceptors (Lipinski definition) is 4. The number of pyridine rings is 2. The normalized spacial score (nSPS) is 20.4. The molecular formula is C27H29BrN4O. The lowest BCUT2D eigenvalue weighted by Crippen LogP contribution is -2.51. The fraction of sp³-hybridized carbons (Fsp3) is 0.370. The maximum absolute atomic E-state index is 13.4. The molecule has 0 spiro atoms. The van der Waals surface area contributed by atoms with E-state index in [2.05, 4.69) is 62.3 Å². The molecule has 1 fully saturated rings. The van der Waals surface area contributed by atoms with E-state index in [4.69, 9.17) is 4.98 Å². The summed E-state index contributed by atoms with van der Waals surface area (Å²) >= 11 is 3.61. The number of piperidine rings is 1. The van der Waals surface area contributed by atoms with Crippen LogP contribution in [-0.2, 0) is 24.2 Å². The highest BCUT2D eigenvalue weighted by Gasteiger charge is 2.38. The Morgan fingerprint density at radius 1 is 1.12 bits per heavy atom. The third-order valence-electron chi connectivity index (χ3n) is 6.88. The Kier molecular flexibility index (Phi) is 6.56. The number of carbonyl (C=O) groups excluding carboxylic acids is 1. The number of carbonyl (C=O) groups is 1. The molecule has 0 radical (unpaired) electrons. The van der Waals surface area contributed by atoms with Gasteiger partial charge in [0.15, 0.2) is 0 Å². The highest BCUT2D eigenvalue weighted by atomic mass is 79.9. The minimum Gasteiger partial charge on any atom is -0.351 e. The summed E-state index contributed by atoms with van der Waals surface area (Å²) in [6.07, 6.45) is 10.4. The van der Waals surface area contributed by atoms with Gasteiger partial charge < -0.3 is 5.32 Å². The van der Waals surface area contributed by atoms with Crippen LogP contribution in [0.15, 0.2) is 59.5 Å². The van der Waals surface area contributed by atoms with Gasteiger partial charge in [0, 0.05) is 29.6 Å². The van der Waals surface area contributed by atoms with Crippen LogP contribution in [0.25, 0.3) is 0 Å². The van der Waals surface area contributed by atoms with Crippen molar-refractivity contribution < 1.29 is 4.79 Å². The summed E-state index contributed by atoms with van der Waals surface area (Å²) in [5.41, 5.74) is 7.36. The van der Waals surface area contributed by atoms with E-state index in [9.17, 15) is 4.79 Å². The van der Waals surface area contributed by atoms with E-state index in [0.29, 0.717) is 6.54 Å². The Balaban J connectivity index is 1.51. The van der Waals surface area contributed by atoms with Crippen LogP contribution in [0.3, 0.4) is 0 Å².